The monoisotopic (exact) mass is 464 g/mol. The Morgan fingerprint density at radius 1 is 0.964 bits per heavy atom. The minimum Gasteiger partial charge on any atom is -0.314 e. The summed E-state index contributed by atoms with van der Waals surface area (Å²) in [5.41, 5.74) is -2.57. The molecular formula is C17H16Cl2F6N2S. The fourth-order valence-corrected chi connectivity index (χ4v) is 4.38. The Balaban J connectivity index is 0.00000280. The molecule has 3 rings (SSSR count). The molecule has 1 aromatic heterocycles. The highest BCUT2D eigenvalue weighted by Gasteiger charge is 2.40. The van der Waals surface area contributed by atoms with Crippen LogP contribution in [0.3, 0.4) is 0 Å². The van der Waals surface area contributed by atoms with Crippen LogP contribution < -0.4 is 5.32 Å². The van der Waals surface area contributed by atoms with Crippen molar-refractivity contribution in [1.29, 1.82) is 0 Å². The van der Waals surface area contributed by atoms with Gasteiger partial charge in [0.1, 0.15) is 0 Å². The van der Waals surface area contributed by atoms with Crippen molar-refractivity contribution in [2.45, 2.75) is 18.4 Å². The normalized spacial score (nSPS) is 17.2. The van der Waals surface area contributed by atoms with E-state index in [-0.39, 0.29) is 12.4 Å². The maximum Gasteiger partial charge on any atom is 0.416 e. The van der Waals surface area contributed by atoms with E-state index in [2.05, 4.69) is 5.32 Å². The molecule has 1 aromatic carbocycles. The van der Waals surface area contributed by atoms with Crippen LogP contribution in [0.5, 0.6) is 0 Å². The molecule has 28 heavy (non-hydrogen) atoms. The molecule has 1 fully saturated rings. The summed E-state index contributed by atoms with van der Waals surface area (Å²) in [5.74, 6) is 0. The van der Waals surface area contributed by atoms with E-state index in [1.165, 1.54) is 6.07 Å². The molecule has 0 unspecified atom stereocenters. The predicted molar refractivity (Wildman–Crippen MR) is 99.3 cm³/mol. The van der Waals surface area contributed by atoms with E-state index >= 15 is 0 Å². The topological polar surface area (TPSA) is 15.3 Å². The van der Waals surface area contributed by atoms with Crippen molar-refractivity contribution in [2.75, 3.05) is 26.2 Å². The Bertz CT molecular complexity index is 800. The Hall–Kier alpha value is -1.000. The lowest BCUT2D eigenvalue weighted by atomic mass is 9.94. The largest absolute Gasteiger partial charge is 0.416 e. The average Bonchev–Trinajstić information content (AvgIpc) is 3.00. The van der Waals surface area contributed by atoms with Gasteiger partial charge in [0, 0.05) is 31.1 Å². The quantitative estimate of drug-likeness (QED) is 0.572. The standard InChI is InChI=1S/C17H15ClF6N2S.ClH/c18-14-4-3-13(27-14)15(26-7-5-25-6-8-26)11-9-10(16(19,20)21)1-2-12(11)17(22,23)24;/h1-4,9,15,25H,5-8H2;1H/t15-;/m1./s1. The van der Waals surface area contributed by atoms with Gasteiger partial charge in [0.2, 0.25) is 0 Å². The molecule has 2 heterocycles. The number of benzene rings is 1. The number of halogens is 8. The number of hydrogen-bond acceptors (Lipinski definition) is 3. The minimum absolute atomic E-state index is 0. The Morgan fingerprint density at radius 3 is 2.11 bits per heavy atom. The van der Waals surface area contributed by atoms with Gasteiger partial charge in [0.15, 0.2) is 0 Å². The summed E-state index contributed by atoms with van der Waals surface area (Å²) in [6.45, 7) is 1.90. The Labute approximate surface area is 172 Å². The average molecular weight is 465 g/mol. The highest BCUT2D eigenvalue weighted by Crippen LogP contribution is 2.43. The fraction of sp³-hybridized carbons (Fsp3) is 0.412. The number of hydrogen-bond donors (Lipinski definition) is 1. The predicted octanol–water partition coefficient (Wildman–Crippen LogP) is 5.86. The van der Waals surface area contributed by atoms with Gasteiger partial charge in [0.05, 0.1) is 21.5 Å². The van der Waals surface area contributed by atoms with Crippen molar-refractivity contribution >= 4 is 35.3 Å². The van der Waals surface area contributed by atoms with E-state index in [1.54, 1.807) is 11.0 Å². The first-order valence-electron chi connectivity index (χ1n) is 8.05. The second-order valence-corrected chi connectivity index (χ2v) is 7.87. The van der Waals surface area contributed by atoms with E-state index in [4.69, 9.17) is 11.6 Å². The molecule has 1 aliphatic rings. The third-order valence-electron chi connectivity index (χ3n) is 4.36. The number of piperazine rings is 1. The van der Waals surface area contributed by atoms with Crippen molar-refractivity contribution in [1.82, 2.24) is 10.2 Å². The molecule has 156 valence electrons. The van der Waals surface area contributed by atoms with E-state index in [0.29, 0.717) is 53.6 Å². The van der Waals surface area contributed by atoms with Crippen LogP contribution in [-0.2, 0) is 12.4 Å². The van der Waals surface area contributed by atoms with Gasteiger partial charge < -0.3 is 5.32 Å². The number of thiophene rings is 1. The summed E-state index contributed by atoms with van der Waals surface area (Å²) in [7, 11) is 0. The third-order valence-corrected chi connectivity index (χ3v) is 5.64. The van der Waals surface area contributed by atoms with Gasteiger partial charge >= 0.3 is 12.4 Å². The zero-order chi connectivity index (χ0) is 19.8. The van der Waals surface area contributed by atoms with E-state index in [9.17, 15) is 26.3 Å². The molecule has 0 radical (unpaired) electrons. The summed E-state index contributed by atoms with van der Waals surface area (Å²) >= 11 is 7.02. The molecule has 0 aliphatic carbocycles. The van der Waals surface area contributed by atoms with Crippen LogP contribution in [0.2, 0.25) is 4.34 Å². The van der Waals surface area contributed by atoms with Gasteiger partial charge in [-0.05, 0) is 35.9 Å². The molecule has 2 aromatic rings. The molecule has 0 amide bonds. The zero-order valence-corrected chi connectivity index (χ0v) is 16.6. The first kappa shape index (κ1) is 23.3. The minimum atomic E-state index is -4.77. The molecule has 1 saturated heterocycles. The molecule has 0 bridgehead atoms. The molecule has 1 N–H and O–H groups in total. The van der Waals surface area contributed by atoms with Crippen molar-refractivity contribution in [2.24, 2.45) is 0 Å². The molecular weight excluding hydrogens is 449 g/mol. The molecule has 2 nitrogen and oxygen atoms in total. The Morgan fingerprint density at radius 2 is 1.61 bits per heavy atom. The van der Waals surface area contributed by atoms with Crippen molar-refractivity contribution in [3.63, 3.8) is 0 Å². The van der Waals surface area contributed by atoms with E-state index in [1.807, 2.05) is 0 Å². The number of rotatable bonds is 3. The van der Waals surface area contributed by atoms with E-state index < -0.39 is 35.1 Å². The lowest BCUT2D eigenvalue weighted by molar-refractivity contribution is -0.142. The summed E-state index contributed by atoms with van der Waals surface area (Å²) in [6, 6.07) is 3.76. The molecule has 0 saturated carbocycles. The van der Waals surface area contributed by atoms with Gasteiger partial charge in [-0.1, -0.05) is 11.6 Å². The summed E-state index contributed by atoms with van der Waals surface area (Å²) in [5, 5.41) is 3.09. The first-order valence-corrected chi connectivity index (χ1v) is 9.25. The van der Waals surface area contributed by atoms with E-state index in [0.717, 1.165) is 11.3 Å². The van der Waals surface area contributed by atoms with Crippen LogP contribution in [0.4, 0.5) is 26.3 Å². The highest BCUT2D eigenvalue weighted by atomic mass is 35.5. The van der Waals surface area contributed by atoms with Crippen molar-refractivity contribution < 1.29 is 26.3 Å². The van der Waals surface area contributed by atoms with Gasteiger partial charge in [-0.25, -0.2) is 0 Å². The van der Waals surface area contributed by atoms with Crippen molar-refractivity contribution in [3.8, 4) is 0 Å². The molecule has 0 spiro atoms. The smallest absolute Gasteiger partial charge is 0.314 e. The van der Waals surface area contributed by atoms with Crippen LogP contribution in [0.1, 0.15) is 27.6 Å². The maximum atomic E-state index is 13.6. The number of alkyl halides is 6. The summed E-state index contributed by atoms with van der Waals surface area (Å²) in [4.78, 5) is 2.23. The van der Waals surface area contributed by atoms with Crippen LogP contribution in [0.15, 0.2) is 30.3 Å². The Kier molecular flexibility index (Phi) is 7.31. The lowest BCUT2D eigenvalue weighted by Crippen LogP contribution is -2.45. The number of nitrogens with zero attached hydrogens (tertiary/aromatic N) is 1. The van der Waals surface area contributed by atoms with Crippen LogP contribution in [-0.4, -0.2) is 31.1 Å². The second-order valence-electron chi connectivity index (χ2n) is 6.13. The SMILES string of the molecule is Cl.FC(F)(F)c1ccc(C(F)(F)F)c([C@H](c2ccc(Cl)s2)N2CCNCC2)c1. The van der Waals surface area contributed by atoms with Gasteiger partial charge in [-0.3, -0.25) is 4.90 Å². The molecule has 1 atom stereocenters. The highest BCUT2D eigenvalue weighted by molar-refractivity contribution is 7.16. The van der Waals surface area contributed by atoms with Crippen LogP contribution >= 0.6 is 35.3 Å². The second kappa shape index (κ2) is 8.79. The van der Waals surface area contributed by atoms with Crippen LogP contribution in [0.25, 0.3) is 0 Å². The first-order chi connectivity index (χ1) is 12.6. The van der Waals surface area contributed by atoms with Gasteiger partial charge in [-0.15, -0.1) is 23.7 Å². The lowest BCUT2D eigenvalue weighted by Gasteiger charge is -2.36. The summed E-state index contributed by atoms with van der Waals surface area (Å²) in [6.07, 6.45) is -9.51. The van der Waals surface area contributed by atoms with Crippen molar-refractivity contribution in [3.05, 3.63) is 56.2 Å². The van der Waals surface area contributed by atoms with Gasteiger partial charge in [0.25, 0.3) is 0 Å². The maximum absolute atomic E-state index is 13.6. The zero-order valence-electron chi connectivity index (χ0n) is 14.2. The molecule has 1 aliphatic heterocycles. The third kappa shape index (κ3) is 5.13. The summed E-state index contributed by atoms with van der Waals surface area (Å²) < 4.78 is 80.7. The fourth-order valence-electron chi connectivity index (χ4n) is 3.17. The van der Waals surface area contributed by atoms with Crippen LogP contribution in [0, 0.1) is 0 Å². The number of nitrogens with one attached hydrogen (secondary N) is 1. The molecule has 11 heteroatoms. The van der Waals surface area contributed by atoms with Gasteiger partial charge in [-0.2, -0.15) is 26.3 Å².